The third-order valence-corrected chi connectivity index (χ3v) is 6.48. The molecule has 2 fully saturated rings. The Bertz CT molecular complexity index is 967. The molecule has 0 spiro atoms. The van der Waals surface area contributed by atoms with Crippen molar-refractivity contribution in [3.8, 4) is 0 Å². The minimum absolute atomic E-state index is 0.0352. The highest BCUT2D eigenvalue weighted by Crippen LogP contribution is 2.25. The molecule has 4 rings (SSSR count). The number of anilines is 3. The molecule has 170 valence electrons. The molecule has 2 aromatic carbocycles. The van der Waals surface area contributed by atoms with Gasteiger partial charge in [0.05, 0.1) is 5.92 Å². The molecule has 7 heteroatoms. The first-order chi connectivity index (χ1) is 15.4. The van der Waals surface area contributed by atoms with E-state index in [1.54, 1.807) is 11.9 Å². The number of benzene rings is 2. The first-order valence-corrected chi connectivity index (χ1v) is 11.3. The molecule has 0 radical (unpaired) electrons. The number of amides is 2. The minimum atomic E-state index is -0.247. The quantitative estimate of drug-likeness (QED) is 0.730. The Morgan fingerprint density at radius 3 is 2.38 bits per heavy atom. The molecule has 0 aliphatic carbocycles. The van der Waals surface area contributed by atoms with Crippen LogP contribution in [0.5, 0.6) is 0 Å². The molecular weight excluding hydrogens is 402 g/mol. The Balaban J connectivity index is 1.31. The van der Waals surface area contributed by atoms with Gasteiger partial charge in [0.25, 0.3) is 0 Å². The van der Waals surface area contributed by atoms with E-state index in [-0.39, 0.29) is 17.7 Å². The van der Waals surface area contributed by atoms with E-state index >= 15 is 0 Å². The van der Waals surface area contributed by atoms with Crippen molar-refractivity contribution in [3.63, 3.8) is 0 Å². The van der Waals surface area contributed by atoms with E-state index in [2.05, 4.69) is 70.8 Å². The summed E-state index contributed by atoms with van der Waals surface area (Å²) in [5.41, 5.74) is 5.54. The molecule has 2 aliphatic rings. The zero-order valence-corrected chi connectivity index (χ0v) is 19.2. The summed E-state index contributed by atoms with van der Waals surface area (Å²) in [5.74, 6) is -0.265. The molecule has 2 aromatic rings. The van der Waals surface area contributed by atoms with Crippen LogP contribution in [0.1, 0.15) is 17.5 Å². The van der Waals surface area contributed by atoms with Crippen molar-refractivity contribution in [1.82, 2.24) is 15.1 Å². The number of likely N-dealkylation sites (tertiary alicyclic amines) is 1. The molecule has 0 aromatic heterocycles. The van der Waals surface area contributed by atoms with Crippen LogP contribution in [0.25, 0.3) is 0 Å². The second-order valence-electron chi connectivity index (χ2n) is 9.00. The second kappa shape index (κ2) is 9.61. The van der Waals surface area contributed by atoms with Gasteiger partial charge in [-0.2, -0.15) is 0 Å². The topological polar surface area (TPSA) is 67.9 Å². The van der Waals surface area contributed by atoms with Gasteiger partial charge in [-0.05, 0) is 55.4 Å². The van der Waals surface area contributed by atoms with Gasteiger partial charge in [0.15, 0.2) is 0 Å². The molecule has 0 bridgehead atoms. The van der Waals surface area contributed by atoms with Gasteiger partial charge in [0, 0.05) is 69.8 Å². The Kier molecular flexibility index (Phi) is 6.65. The number of carbonyl (C=O) groups excluding carboxylic acids is 2. The average Bonchev–Trinajstić information content (AvgIpc) is 3.13. The van der Waals surface area contributed by atoms with Gasteiger partial charge in [-0.15, -0.1) is 0 Å². The van der Waals surface area contributed by atoms with Crippen LogP contribution in [-0.4, -0.2) is 68.4 Å². The number of nitrogens with zero attached hydrogens (tertiary/aromatic N) is 3. The van der Waals surface area contributed by atoms with Crippen molar-refractivity contribution in [2.24, 2.45) is 5.92 Å². The lowest BCUT2D eigenvalue weighted by atomic mass is 10.1. The van der Waals surface area contributed by atoms with Gasteiger partial charge >= 0.3 is 0 Å². The maximum absolute atomic E-state index is 12.4. The molecule has 1 unspecified atom stereocenters. The minimum Gasteiger partial charge on any atom is -0.369 e. The molecule has 2 heterocycles. The standard InChI is InChI=1S/C25H33N5O2/c1-18-14-19(16-26-25(32)20-15-24(31)29(3)17-20)4-9-23(18)27-21-5-7-22(8-6-21)30-12-10-28(2)11-13-30/h4-9,14,20,27H,10-13,15-17H2,1-3H3,(H,26,32). The first-order valence-electron chi connectivity index (χ1n) is 11.3. The summed E-state index contributed by atoms with van der Waals surface area (Å²) in [5, 5.41) is 6.47. The number of piperazine rings is 1. The SMILES string of the molecule is Cc1cc(CNC(=O)C2CC(=O)N(C)C2)ccc1Nc1ccc(N2CCN(C)CC2)cc1. The Morgan fingerprint density at radius 1 is 1.03 bits per heavy atom. The fraction of sp³-hybridized carbons (Fsp3) is 0.440. The van der Waals surface area contributed by atoms with E-state index in [0.29, 0.717) is 19.5 Å². The first kappa shape index (κ1) is 22.1. The van der Waals surface area contributed by atoms with Crippen molar-refractivity contribution >= 4 is 28.9 Å². The van der Waals surface area contributed by atoms with E-state index in [0.717, 1.165) is 48.7 Å². The Labute approximate surface area is 190 Å². The van der Waals surface area contributed by atoms with E-state index in [1.165, 1.54) is 5.69 Å². The molecule has 0 saturated carbocycles. The maximum atomic E-state index is 12.4. The summed E-state index contributed by atoms with van der Waals surface area (Å²) in [4.78, 5) is 30.4. The van der Waals surface area contributed by atoms with Crippen LogP contribution in [-0.2, 0) is 16.1 Å². The highest BCUT2D eigenvalue weighted by molar-refractivity contribution is 5.89. The number of nitrogens with one attached hydrogen (secondary N) is 2. The van der Waals surface area contributed by atoms with E-state index in [1.807, 2.05) is 6.07 Å². The summed E-state index contributed by atoms with van der Waals surface area (Å²) < 4.78 is 0. The van der Waals surface area contributed by atoms with Crippen LogP contribution in [0.15, 0.2) is 42.5 Å². The smallest absolute Gasteiger partial charge is 0.225 e. The van der Waals surface area contributed by atoms with Gasteiger partial charge < -0.3 is 25.3 Å². The zero-order valence-electron chi connectivity index (χ0n) is 19.2. The van der Waals surface area contributed by atoms with Crippen molar-refractivity contribution in [2.45, 2.75) is 19.9 Å². The van der Waals surface area contributed by atoms with Gasteiger partial charge in [-0.1, -0.05) is 12.1 Å². The van der Waals surface area contributed by atoms with E-state index in [9.17, 15) is 9.59 Å². The maximum Gasteiger partial charge on any atom is 0.225 e. The number of hydrogen-bond acceptors (Lipinski definition) is 5. The van der Waals surface area contributed by atoms with Crippen molar-refractivity contribution in [1.29, 1.82) is 0 Å². The summed E-state index contributed by atoms with van der Waals surface area (Å²) in [6, 6.07) is 14.8. The van der Waals surface area contributed by atoms with E-state index < -0.39 is 0 Å². The van der Waals surface area contributed by atoms with Gasteiger partial charge in [0.1, 0.15) is 0 Å². The molecule has 2 aliphatic heterocycles. The summed E-state index contributed by atoms with van der Waals surface area (Å²) in [7, 11) is 3.91. The largest absolute Gasteiger partial charge is 0.369 e. The van der Waals surface area contributed by atoms with Gasteiger partial charge in [-0.25, -0.2) is 0 Å². The molecule has 7 nitrogen and oxygen atoms in total. The van der Waals surface area contributed by atoms with Crippen molar-refractivity contribution < 1.29 is 9.59 Å². The van der Waals surface area contributed by atoms with Crippen LogP contribution in [0.4, 0.5) is 17.1 Å². The Hall–Kier alpha value is -3.06. The van der Waals surface area contributed by atoms with Crippen LogP contribution in [0, 0.1) is 12.8 Å². The normalized spacial score (nSPS) is 19.3. The van der Waals surface area contributed by atoms with E-state index in [4.69, 9.17) is 0 Å². The third-order valence-electron chi connectivity index (χ3n) is 6.48. The average molecular weight is 436 g/mol. The number of hydrogen-bond donors (Lipinski definition) is 2. The monoisotopic (exact) mass is 435 g/mol. The van der Waals surface area contributed by atoms with Crippen LogP contribution in [0.2, 0.25) is 0 Å². The lowest BCUT2D eigenvalue weighted by Crippen LogP contribution is -2.44. The molecule has 1 atom stereocenters. The fourth-order valence-electron chi connectivity index (χ4n) is 4.32. The lowest BCUT2D eigenvalue weighted by Gasteiger charge is -2.34. The molecule has 2 saturated heterocycles. The number of rotatable bonds is 6. The number of carbonyl (C=O) groups is 2. The van der Waals surface area contributed by atoms with Gasteiger partial charge in [-0.3, -0.25) is 9.59 Å². The van der Waals surface area contributed by atoms with Crippen molar-refractivity contribution in [2.75, 3.05) is 57.0 Å². The molecule has 2 N–H and O–H groups in total. The molecule has 32 heavy (non-hydrogen) atoms. The van der Waals surface area contributed by atoms with Crippen LogP contribution < -0.4 is 15.5 Å². The number of likely N-dealkylation sites (N-methyl/N-ethyl adjacent to an activating group) is 1. The van der Waals surface area contributed by atoms with Gasteiger partial charge in [0.2, 0.25) is 11.8 Å². The number of aryl methyl sites for hydroxylation is 1. The molecule has 2 amide bonds. The van der Waals surface area contributed by atoms with Crippen LogP contribution in [0.3, 0.4) is 0 Å². The van der Waals surface area contributed by atoms with Crippen LogP contribution >= 0.6 is 0 Å². The third kappa shape index (κ3) is 5.22. The summed E-state index contributed by atoms with van der Waals surface area (Å²) in [6.45, 7) is 7.36. The zero-order chi connectivity index (χ0) is 22.7. The summed E-state index contributed by atoms with van der Waals surface area (Å²) in [6.07, 6.45) is 0.303. The highest BCUT2D eigenvalue weighted by Gasteiger charge is 2.31. The summed E-state index contributed by atoms with van der Waals surface area (Å²) >= 11 is 0. The molecular formula is C25H33N5O2. The predicted octanol–water partition coefficient (Wildman–Crippen LogP) is 2.58. The predicted molar refractivity (Wildman–Crippen MR) is 128 cm³/mol. The fourth-order valence-corrected chi connectivity index (χ4v) is 4.32. The van der Waals surface area contributed by atoms with Crippen molar-refractivity contribution in [3.05, 3.63) is 53.6 Å². The lowest BCUT2D eigenvalue weighted by molar-refractivity contribution is -0.128. The highest BCUT2D eigenvalue weighted by atomic mass is 16.2. The Morgan fingerprint density at radius 2 is 1.75 bits per heavy atom. The second-order valence-corrected chi connectivity index (χ2v) is 9.00.